The minimum Gasteiger partial charge on any atom is -0.497 e. The van der Waals surface area contributed by atoms with E-state index in [9.17, 15) is 0 Å². The highest BCUT2D eigenvalue weighted by molar-refractivity contribution is 5.74. The third-order valence-electron chi connectivity index (χ3n) is 3.21. The Hall–Kier alpha value is -3.44. The van der Waals surface area contributed by atoms with Gasteiger partial charge in [-0.15, -0.1) is 0 Å². The molecule has 0 bridgehead atoms. The summed E-state index contributed by atoms with van der Waals surface area (Å²) in [6.45, 7) is 0. The number of hydrogen-bond donors (Lipinski definition) is 1. The second-order valence-corrected chi connectivity index (χ2v) is 4.57. The van der Waals surface area contributed by atoms with E-state index in [-0.39, 0.29) is 5.57 Å². The lowest BCUT2D eigenvalue weighted by atomic mass is 10.0. The Balaban J connectivity index is 2.36. The second-order valence-electron chi connectivity index (χ2n) is 4.57. The predicted molar refractivity (Wildman–Crippen MR) is 87.9 cm³/mol. The van der Waals surface area contributed by atoms with Gasteiger partial charge in [0.1, 0.15) is 29.2 Å². The molecule has 0 aliphatic carbocycles. The maximum Gasteiger partial charge on any atom is 0.145 e. The summed E-state index contributed by atoms with van der Waals surface area (Å²) in [5.41, 5.74) is 2.64. The van der Waals surface area contributed by atoms with Crippen molar-refractivity contribution in [1.82, 2.24) is 0 Å². The number of rotatable bonds is 5. The Morgan fingerprint density at radius 2 is 1.83 bits per heavy atom. The standard InChI is InChI=1S/C18H15N3O2/c1-22-16-6-7-17(18(9-16)23-2)14-4-3-5-15(8-14)21-12-13(10-19)11-20/h3-9,12,21H,1-2H3. The van der Waals surface area contributed by atoms with E-state index in [1.807, 2.05) is 42.5 Å². The number of benzene rings is 2. The first-order valence-corrected chi connectivity index (χ1v) is 6.81. The normalized spacial score (nSPS) is 9.22. The van der Waals surface area contributed by atoms with Crippen LogP contribution >= 0.6 is 0 Å². The van der Waals surface area contributed by atoms with Crippen LogP contribution in [0.4, 0.5) is 5.69 Å². The molecule has 5 heteroatoms. The van der Waals surface area contributed by atoms with E-state index in [1.54, 1.807) is 26.4 Å². The number of hydrogen-bond acceptors (Lipinski definition) is 5. The average Bonchev–Trinajstić information content (AvgIpc) is 2.62. The van der Waals surface area contributed by atoms with Crippen molar-refractivity contribution in [3.63, 3.8) is 0 Å². The number of anilines is 1. The Morgan fingerprint density at radius 1 is 1.04 bits per heavy atom. The Kier molecular flexibility index (Phi) is 5.22. The zero-order chi connectivity index (χ0) is 16.7. The van der Waals surface area contributed by atoms with E-state index in [0.29, 0.717) is 5.75 Å². The van der Waals surface area contributed by atoms with Crippen LogP contribution in [0.25, 0.3) is 11.1 Å². The van der Waals surface area contributed by atoms with Gasteiger partial charge in [-0.3, -0.25) is 0 Å². The predicted octanol–water partition coefficient (Wildman–Crippen LogP) is 3.71. The molecule has 0 heterocycles. The monoisotopic (exact) mass is 305 g/mol. The molecule has 1 N–H and O–H groups in total. The van der Waals surface area contributed by atoms with Crippen LogP contribution in [0, 0.1) is 22.7 Å². The first kappa shape index (κ1) is 15.9. The first-order valence-electron chi connectivity index (χ1n) is 6.81. The summed E-state index contributed by atoms with van der Waals surface area (Å²) < 4.78 is 10.6. The van der Waals surface area contributed by atoms with Gasteiger partial charge in [-0.05, 0) is 29.8 Å². The van der Waals surface area contributed by atoms with Crippen LogP contribution in [-0.2, 0) is 0 Å². The zero-order valence-corrected chi connectivity index (χ0v) is 12.8. The van der Waals surface area contributed by atoms with Gasteiger partial charge in [0.25, 0.3) is 0 Å². The van der Waals surface area contributed by atoms with Gasteiger partial charge in [0, 0.05) is 23.5 Å². The highest BCUT2D eigenvalue weighted by Gasteiger charge is 2.08. The van der Waals surface area contributed by atoms with Crippen LogP contribution in [0.1, 0.15) is 0 Å². The molecule has 2 aromatic carbocycles. The quantitative estimate of drug-likeness (QED) is 0.852. The molecule has 0 aromatic heterocycles. The van der Waals surface area contributed by atoms with Crippen LogP contribution in [0.2, 0.25) is 0 Å². The lowest BCUT2D eigenvalue weighted by molar-refractivity contribution is 0.395. The fourth-order valence-corrected chi connectivity index (χ4v) is 2.06. The number of allylic oxidation sites excluding steroid dienone is 1. The summed E-state index contributed by atoms with van der Waals surface area (Å²) in [4.78, 5) is 0. The molecule has 0 aliphatic heterocycles. The van der Waals surface area contributed by atoms with Gasteiger partial charge in [-0.25, -0.2) is 0 Å². The van der Waals surface area contributed by atoms with Gasteiger partial charge in [0.05, 0.1) is 14.2 Å². The van der Waals surface area contributed by atoms with E-state index in [1.165, 1.54) is 6.20 Å². The van der Waals surface area contributed by atoms with E-state index in [4.69, 9.17) is 20.0 Å². The molecule has 114 valence electrons. The Bertz CT molecular complexity index is 798. The lowest BCUT2D eigenvalue weighted by Gasteiger charge is -2.11. The largest absolute Gasteiger partial charge is 0.497 e. The van der Waals surface area contributed by atoms with E-state index in [0.717, 1.165) is 22.6 Å². The van der Waals surface area contributed by atoms with Crippen molar-refractivity contribution in [3.05, 3.63) is 54.2 Å². The van der Waals surface area contributed by atoms with Gasteiger partial charge in [-0.1, -0.05) is 12.1 Å². The second kappa shape index (κ2) is 7.53. The molecule has 0 saturated carbocycles. The van der Waals surface area contributed by atoms with E-state index in [2.05, 4.69) is 5.32 Å². The van der Waals surface area contributed by atoms with Crippen molar-refractivity contribution < 1.29 is 9.47 Å². The van der Waals surface area contributed by atoms with Crippen molar-refractivity contribution in [1.29, 1.82) is 10.5 Å². The number of ether oxygens (including phenoxy) is 2. The molecule has 2 aromatic rings. The topological polar surface area (TPSA) is 78.1 Å². The molecule has 0 amide bonds. The van der Waals surface area contributed by atoms with Crippen LogP contribution < -0.4 is 14.8 Å². The fourth-order valence-electron chi connectivity index (χ4n) is 2.06. The van der Waals surface area contributed by atoms with Crippen LogP contribution in [-0.4, -0.2) is 14.2 Å². The van der Waals surface area contributed by atoms with Gasteiger partial charge in [0.15, 0.2) is 0 Å². The maximum atomic E-state index is 8.75. The zero-order valence-electron chi connectivity index (χ0n) is 12.8. The Morgan fingerprint density at radius 3 is 2.48 bits per heavy atom. The van der Waals surface area contributed by atoms with Crippen molar-refractivity contribution in [2.45, 2.75) is 0 Å². The molecular formula is C18H15N3O2. The molecule has 0 radical (unpaired) electrons. The van der Waals surface area contributed by atoms with Crippen LogP contribution in [0.5, 0.6) is 11.5 Å². The summed E-state index contributed by atoms with van der Waals surface area (Å²) in [5.74, 6) is 1.42. The third kappa shape index (κ3) is 3.81. The Labute approximate surface area is 135 Å². The summed E-state index contributed by atoms with van der Waals surface area (Å²) >= 11 is 0. The van der Waals surface area contributed by atoms with Gasteiger partial charge in [-0.2, -0.15) is 10.5 Å². The maximum absolute atomic E-state index is 8.75. The van der Waals surface area contributed by atoms with Crippen molar-refractivity contribution in [3.8, 4) is 34.8 Å². The summed E-state index contributed by atoms with van der Waals surface area (Å²) in [7, 11) is 3.21. The molecule has 2 rings (SSSR count). The summed E-state index contributed by atoms with van der Waals surface area (Å²) in [5, 5.41) is 20.4. The van der Waals surface area contributed by atoms with Crippen LogP contribution in [0.15, 0.2) is 54.2 Å². The highest BCUT2D eigenvalue weighted by Crippen LogP contribution is 2.34. The average molecular weight is 305 g/mol. The third-order valence-corrected chi connectivity index (χ3v) is 3.21. The SMILES string of the molecule is COc1ccc(-c2cccc(NC=C(C#N)C#N)c2)c(OC)c1. The smallest absolute Gasteiger partial charge is 0.145 e. The lowest BCUT2D eigenvalue weighted by Crippen LogP contribution is -1.92. The van der Waals surface area contributed by atoms with Crippen molar-refractivity contribution >= 4 is 5.69 Å². The molecular weight excluding hydrogens is 290 g/mol. The van der Waals surface area contributed by atoms with Gasteiger partial charge < -0.3 is 14.8 Å². The van der Waals surface area contributed by atoms with Crippen molar-refractivity contribution in [2.24, 2.45) is 0 Å². The molecule has 0 saturated heterocycles. The first-order chi connectivity index (χ1) is 11.2. The molecule has 0 atom stereocenters. The molecule has 23 heavy (non-hydrogen) atoms. The van der Waals surface area contributed by atoms with Crippen LogP contribution in [0.3, 0.4) is 0 Å². The van der Waals surface area contributed by atoms with Gasteiger partial charge in [0.2, 0.25) is 0 Å². The molecule has 5 nitrogen and oxygen atoms in total. The van der Waals surface area contributed by atoms with E-state index < -0.39 is 0 Å². The molecule has 0 aliphatic rings. The number of methoxy groups -OCH3 is 2. The molecule has 0 unspecified atom stereocenters. The summed E-state index contributed by atoms with van der Waals surface area (Å²) in [6, 6.07) is 16.8. The number of nitriles is 2. The number of nitrogens with zero attached hydrogens (tertiary/aromatic N) is 2. The number of nitrogens with one attached hydrogen (secondary N) is 1. The van der Waals surface area contributed by atoms with Gasteiger partial charge >= 0.3 is 0 Å². The molecule has 0 fully saturated rings. The minimum atomic E-state index is 0.0115. The minimum absolute atomic E-state index is 0.0115. The summed E-state index contributed by atoms with van der Waals surface area (Å²) in [6.07, 6.45) is 1.38. The van der Waals surface area contributed by atoms with Crippen molar-refractivity contribution in [2.75, 3.05) is 19.5 Å². The highest BCUT2D eigenvalue weighted by atomic mass is 16.5. The molecule has 0 spiro atoms. The fraction of sp³-hybridized carbons (Fsp3) is 0.111. The van der Waals surface area contributed by atoms with E-state index >= 15 is 0 Å².